The van der Waals surface area contributed by atoms with E-state index in [0.29, 0.717) is 24.6 Å². The van der Waals surface area contributed by atoms with Crippen molar-refractivity contribution in [1.82, 2.24) is 5.32 Å². The number of carbonyl (C=O) groups excluding carboxylic acids is 1. The van der Waals surface area contributed by atoms with Gasteiger partial charge in [0.05, 0.1) is 11.9 Å². The van der Waals surface area contributed by atoms with E-state index in [9.17, 15) is 13.2 Å². The molecule has 1 N–H and O–H groups in total. The van der Waals surface area contributed by atoms with Gasteiger partial charge in [-0.05, 0) is 41.3 Å². The summed E-state index contributed by atoms with van der Waals surface area (Å²) in [6, 6.07) is 26.3. The topological polar surface area (TPSA) is 75.7 Å². The molecule has 168 valence electrons. The Labute approximate surface area is 189 Å². The van der Waals surface area contributed by atoms with Crippen LogP contribution < -0.4 is 14.4 Å². The minimum Gasteiger partial charge on any atom is -0.489 e. The van der Waals surface area contributed by atoms with E-state index in [1.54, 1.807) is 24.3 Å². The molecule has 3 rings (SSSR count). The predicted molar refractivity (Wildman–Crippen MR) is 127 cm³/mol. The quantitative estimate of drug-likeness (QED) is 0.505. The number of rotatable bonds is 10. The van der Waals surface area contributed by atoms with E-state index in [1.165, 1.54) is 0 Å². The molecule has 1 atom stereocenters. The summed E-state index contributed by atoms with van der Waals surface area (Å²) >= 11 is 0. The van der Waals surface area contributed by atoms with Gasteiger partial charge in [-0.2, -0.15) is 0 Å². The van der Waals surface area contributed by atoms with Crippen molar-refractivity contribution in [3.63, 3.8) is 0 Å². The zero-order valence-corrected chi connectivity index (χ0v) is 19.1. The van der Waals surface area contributed by atoms with Crippen LogP contribution in [-0.4, -0.2) is 33.7 Å². The number of hydrogen-bond donors (Lipinski definition) is 1. The zero-order chi connectivity index (χ0) is 23.0. The van der Waals surface area contributed by atoms with Gasteiger partial charge in [0, 0.05) is 6.54 Å². The highest BCUT2D eigenvalue weighted by Crippen LogP contribution is 2.22. The lowest BCUT2D eigenvalue weighted by Gasteiger charge is -2.22. The highest BCUT2D eigenvalue weighted by molar-refractivity contribution is 7.92. The van der Waals surface area contributed by atoms with Gasteiger partial charge in [-0.3, -0.25) is 9.10 Å². The summed E-state index contributed by atoms with van der Waals surface area (Å²) in [6.45, 7) is 2.56. The van der Waals surface area contributed by atoms with Crippen molar-refractivity contribution >= 4 is 21.6 Å². The molecule has 0 aliphatic rings. The molecule has 0 spiro atoms. The van der Waals surface area contributed by atoms with Crippen LogP contribution in [0.25, 0.3) is 0 Å². The van der Waals surface area contributed by atoms with Crippen LogP contribution in [0.3, 0.4) is 0 Å². The molecule has 3 aromatic carbocycles. The standard InChI is InChI=1S/C25H28N2O4S/c1-20(22-11-7-4-8-12-22)17-26-25(28)18-27(32(2,29)30)23-13-15-24(16-14-23)31-19-21-9-5-3-6-10-21/h3-16,20H,17-19H2,1-2H3,(H,26,28)/t20-/m0/s1. The van der Waals surface area contributed by atoms with Crippen LogP contribution in [0, 0.1) is 0 Å². The van der Waals surface area contributed by atoms with Crippen LogP contribution in [0.1, 0.15) is 24.0 Å². The Bertz CT molecular complexity index is 1100. The molecule has 0 heterocycles. The number of nitrogens with zero attached hydrogens (tertiary/aromatic N) is 1. The molecule has 1 amide bonds. The second-order valence-corrected chi connectivity index (χ2v) is 9.56. The van der Waals surface area contributed by atoms with Gasteiger partial charge in [-0.25, -0.2) is 8.42 Å². The van der Waals surface area contributed by atoms with Gasteiger partial charge in [0.25, 0.3) is 0 Å². The normalized spacial score (nSPS) is 12.1. The van der Waals surface area contributed by atoms with E-state index in [-0.39, 0.29) is 18.4 Å². The van der Waals surface area contributed by atoms with E-state index in [0.717, 1.165) is 21.7 Å². The van der Waals surface area contributed by atoms with E-state index in [2.05, 4.69) is 5.32 Å². The first-order valence-corrected chi connectivity index (χ1v) is 12.2. The highest BCUT2D eigenvalue weighted by atomic mass is 32.2. The largest absolute Gasteiger partial charge is 0.489 e. The number of hydrogen-bond acceptors (Lipinski definition) is 4. The number of ether oxygens (including phenoxy) is 1. The Morgan fingerprint density at radius 2 is 1.53 bits per heavy atom. The number of nitrogens with one attached hydrogen (secondary N) is 1. The van der Waals surface area contributed by atoms with Crippen LogP contribution in [0.4, 0.5) is 5.69 Å². The number of amides is 1. The van der Waals surface area contributed by atoms with Gasteiger partial charge >= 0.3 is 0 Å². The lowest BCUT2D eigenvalue weighted by atomic mass is 10.0. The fourth-order valence-corrected chi connectivity index (χ4v) is 4.06. The molecule has 0 unspecified atom stereocenters. The number of benzene rings is 3. The van der Waals surface area contributed by atoms with Gasteiger partial charge in [-0.1, -0.05) is 67.6 Å². The number of anilines is 1. The first-order chi connectivity index (χ1) is 15.3. The van der Waals surface area contributed by atoms with Crippen molar-refractivity contribution in [1.29, 1.82) is 0 Å². The average molecular weight is 453 g/mol. The number of carbonyl (C=O) groups is 1. The first-order valence-electron chi connectivity index (χ1n) is 10.4. The van der Waals surface area contributed by atoms with Crippen molar-refractivity contribution in [3.05, 3.63) is 96.1 Å². The molecule has 0 aromatic heterocycles. The molecule has 0 saturated heterocycles. The molecule has 3 aromatic rings. The molecule has 7 heteroatoms. The van der Waals surface area contributed by atoms with E-state index < -0.39 is 10.0 Å². The van der Waals surface area contributed by atoms with Gasteiger partial charge < -0.3 is 10.1 Å². The Morgan fingerprint density at radius 1 is 0.938 bits per heavy atom. The highest BCUT2D eigenvalue weighted by Gasteiger charge is 2.21. The zero-order valence-electron chi connectivity index (χ0n) is 18.3. The maximum Gasteiger partial charge on any atom is 0.240 e. The summed E-state index contributed by atoms with van der Waals surface area (Å²) in [6.07, 6.45) is 1.09. The Morgan fingerprint density at radius 3 is 2.12 bits per heavy atom. The van der Waals surface area contributed by atoms with Crippen LogP contribution in [0.5, 0.6) is 5.75 Å². The minimum atomic E-state index is -3.64. The lowest BCUT2D eigenvalue weighted by Crippen LogP contribution is -2.41. The van der Waals surface area contributed by atoms with Crippen LogP contribution in [0.15, 0.2) is 84.9 Å². The third-order valence-corrected chi connectivity index (χ3v) is 6.18. The van der Waals surface area contributed by atoms with E-state index in [4.69, 9.17) is 4.74 Å². The van der Waals surface area contributed by atoms with Gasteiger partial charge in [0.1, 0.15) is 18.9 Å². The Balaban J connectivity index is 1.60. The minimum absolute atomic E-state index is 0.118. The summed E-state index contributed by atoms with van der Waals surface area (Å²) in [5.74, 6) is 0.377. The van der Waals surface area contributed by atoms with E-state index in [1.807, 2.05) is 67.6 Å². The molecule has 0 radical (unpaired) electrons. The number of sulfonamides is 1. The smallest absolute Gasteiger partial charge is 0.240 e. The fraction of sp³-hybridized carbons (Fsp3) is 0.240. The maximum atomic E-state index is 12.5. The SMILES string of the molecule is C[C@@H](CNC(=O)CN(c1ccc(OCc2ccccc2)cc1)S(C)(=O)=O)c1ccccc1. The second-order valence-electron chi connectivity index (χ2n) is 7.65. The summed E-state index contributed by atoms with van der Waals surface area (Å²) in [4.78, 5) is 12.5. The average Bonchev–Trinajstić information content (AvgIpc) is 2.80. The maximum absolute atomic E-state index is 12.5. The molecular weight excluding hydrogens is 424 g/mol. The van der Waals surface area contributed by atoms with Crippen molar-refractivity contribution in [2.45, 2.75) is 19.4 Å². The Kier molecular flexibility index (Phi) is 7.89. The predicted octanol–water partition coefficient (Wildman–Crippen LogP) is 3.95. The second kappa shape index (κ2) is 10.8. The van der Waals surface area contributed by atoms with Crippen LogP contribution >= 0.6 is 0 Å². The van der Waals surface area contributed by atoms with Gasteiger partial charge in [0.2, 0.25) is 15.9 Å². The van der Waals surface area contributed by atoms with Crippen molar-refractivity contribution in [2.75, 3.05) is 23.7 Å². The van der Waals surface area contributed by atoms with E-state index >= 15 is 0 Å². The third kappa shape index (κ3) is 6.85. The molecule has 0 bridgehead atoms. The molecule has 6 nitrogen and oxygen atoms in total. The van der Waals surface area contributed by atoms with Crippen molar-refractivity contribution in [3.8, 4) is 5.75 Å². The van der Waals surface area contributed by atoms with Gasteiger partial charge in [0.15, 0.2) is 0 Å². The molecule has 0 aliphatic carbocycles. The molecule has 32 heavy (non-hydrogen) atoms. The summed E-state index contributed by atoms with van der Waals surface area (Å²) in [7, 11) is -3.64. The molecular formula is C25H28N2O4S. The van der Waals surface area contributed by atoms with Crippen molar-refractivity contribution < 1.29 is 17.9 Å². The monoisotopic (exact) mass is 452 g/mol. The fourth-order valence-electron chi connectivity index (χ4n) is 3.20. The summed E-state index contributed by atoms with van der Waals surface area (Å²) in [5, 5.41) is 2.83. The molecule has 0 saturated carbocycles. The first kappa shape index (κ1) is 23.3. The van der Waals surface area contributed by atoms with Crippen LogP contribution in [-0.2, 0) is 21.4 Å². The van der Waals surface area contributed by atoms with Crippen LogP contribution in [0.2, 0.25) is 0 Å². The molecule has 0 aliphatic heterocycles. The summed E-state index contributed by atoms with van der Waals surface area (Å²) < 4.78 is 31.5. The third-order valence-electron chi connectivity index (χ3n) is 5.03. The Hall–Kier alpha value is -3.32. The van der Waals surface area contributed by atoms with Gasteiger partial charge in [-0.15, -0.1) is 0 Å². The lowest BCUT2D eigenvalue weighted by molar-refractivity contribution is -0.119. The van der Waals surface area contributed by atoms with Crippen molar-refractivity contribution in [2.24, 2.45) is 0 Å². The molecule has 0 fully saturated rings. The summed E-state index contributed by atoms with van der Waals surface area (Å²) in [5.41, 5.74) is 2.56.